The van der Waals surface area contributed by atoms with Crippen LogP contribution in [-0.4, -0.2) is 40.2 Å². The lowest BCUT2D eigenvalue weighted by molar-refractivity contribution is -0.132. The Labute approximate surface area is 110 Å². The average Bonchev–Trinajstić information content (AvgIpc) is 2.90. The number of hydrogen-bond donors (Lipinski definition) is 3. The molecule has 1 aliphatic rings. The van der Waals surface area contributed by atoms with Crippen LogP contribution >= 0.6 is 0 Å². The van der Waals surface area contributed by atoms with Crippen molar-refractivity contribution in [1.82, 2.24) is 10.2 Å². The van der Waals surface area contributed by atoms with Crippen molar-refractivity contribution in [3.05, 3.63) is 29.8 Å². The van der Waals surface area contributed by atoms with Gasteiger partial charge in [0.1, 0.15) is 11.8 Å². The van der Waals surface area contributed by atoms with E-state index in [0.717, 1.165) is 12.8 Å². The highest BCUT2D eigenvalue weighted by molar-refractivity contribution is 5.86. The Kier molecular flexibility index (Phi) is 3.89. The summed E-state index contributed by atoms with van der Waals surface area (Å²) in [7, 11) is 0. The van der Waals surface area contributed by atoms with E-state index in [-0.39, 0.29) is 11.7 Å². The van der Waals surface area contributed by atoms with E-state index < -0.39 is 12.1 Å². The minimum atomic E-state index is -1.24. The molecule has 1 heterocycles. The maximum atomic E-state index is 12.3. The van der Waals surface area contributed by atoms with Crippen LogP contribution in [0.25, 0.3) is 0 Å². The number of benzene rings is 1. The number of phenolic OH excluding ortho intramolecular Hbond substituents is 1. The van der Waals surface area contributed by atoms with Crippen LogP contribution in [0.15, 0.2) is 24.3 Å². The largest absolute Gasteiger partial charge is 0.508 e. The number of phenols is 1. The highest BCUT2D eigenvalue weighted by atomic mass is 16.4. The molecule has 0 bridgehead atoms. The molecule has 1 aromatic rings. The highest BCUT2D eigenvalue weighted by Crippen LogP contribution is 2.21. The first-order valence-electron chi connectivity index (χ1n) is 6.15. The van der Waals surface area contributed by atoms with Crippen LogP contribution in [0.5, 0.6) is 5.75 Å². The number of carboxylic acid groups (broad SMARTS) is 1. The number of amides is 2. The minimum absolute atomic E-state index is 0.0754. The molecule has 6 heteroatoms. The third kappa shape index (κ3) is 3.15. The Balaban J connectivity index is 2.21. The lowest BCUT2D eigenvalue weighted by Gasteiger charge is -2.23. The van der Waals surface area contributed by atoms with Crippen molar-refractivity contribution < 1.29 is 19.8 Å². The molecule has 6 nitrogen and oxygen atoms in total. The van der Waals surface area contributed by atoms with E-state index in [0.29, 0.717) is 18.7 Å². The fourth-order valence-corrected chi connectivity index (χ4v) is 2.20. The molecule has 0 radical (unpaired) electrons. The molecule has 1 fully saturated rings. The Morgan fingerprint density at radius 2 is 1.74 bits per heavy atom. The van der Waals surface area contributed by atoms with Gasteiger partial charge in [0.05, 0.1) is 0 Å². The number of likely N-dealkylation sites (tertiary alicyclic amines) is 1. The number of rotatable bonds is 3. The fraction of sp³-hybridized carbons (Fsp3) is 0.385. The van der Waals surface area contributed by atoms with Gasteiger partial charge in [-0.2, -0.15) is 0 Å². The Morgan fingerprint density at radius 1 is 1.16 bits per heavy atom. The third-order valence-corrected chi connectivity index (χ3v) is 3.16. The molecular weight excluding hydrogens is 248 g/mol. The van der Waals surface area contributed by atoms with E-state index in [9.17, 15) is 14.7 Å². The molecule has 0 spiro atoms. The van der Waals surface area contributed by atoms with Gasteiger partial charge in [-0.15, -0.1) is 0 Å². The summed E-state index contributed by atoms with van der Waals surface area (Å²) < 4.78 is 0. The zero-order chi connectivity index (χ0) is 13.8. The van der Waals surface area contributed by atoms with Gasteiger partial charge in [-0.3, -0.25) is 4.79 Å². The molecule has 0 unspecified atom stereocenters. The summed E-state index contributed by atoms with van der Waals surface area (Å²) in [6.07, 6.45) is 0.646. The van der Waals surface area contributed by atoms with E-state index in [4.69, 9.17) is 5.11 Å². The average molecular weight is 264 g/mol. The first-order chi connectivity index (χ1) is 9.08. The van der Waals surface area contributed by atoms with Gasteiger partial charge in [0.25, 0.3) is 0 Å². The fourth-order valence-electron chi connectivity index (χ4n) is 2.20. The molecule has 3 N–H and O–H groups in total. The smallest absolute Gasteiger partial charge is 0.405 e. The standard InChI is InChI=1S/C13H16N2O4/c16-10-5-3-9(4-6-10)11(14-13(18)19)12(17)15-7-1-2-8-15/h3-6,11,14,16H,1-2,7-8H2,(H,18,19)/t11-/m0/s1. The summed E-state index contributed by atoms with van der Waals surface area (Å²) in [6, 6.07) is 5.04. The van der Waals surface area contributed by atoms with Crippen molar-refractivity contribution in [1.29, 1.82) is 0 Å². The Bertz CT molecular complexity index is 466. The number of hydrogen-bond acceptors (Lipinski definition) is 3. The molecule has 0 aromatic heterocycles. The Morgan fingerprint density at radius 3 is 2.26 bits per heavy atom. The summed E-state index contributed by atoms with van der Waals surface area (Å²) in [6.45, 7) is 1.32. The number of aromatic hydroxyl groups is 1. The van der Waals surface area contributed by atoms with Crippen LogP contribution < -0.4 is 5.32 Å². The van der Waals surface area contributed by atoms with E-state index in [1.807, 2.05) is 0 Å². The maximum absolute atomic E-state index is 12.3. The van der Waals surface area contributed by atoms with Crippen molar-refractivity contribution in [3.8, 4) is 5.75 Å². The van der Waals surface area contributed by atoms with E-state index in [2.05, 4.69) is 5.32 Å². The number of carbonyl (C=O) groups excluding carboxylic acids is 1. The van der Waals surface area contributed by atoms with Crippen LogP contribution in [0.1, 0.15) is 24.4 Å². The zero-order valence-electron chi connectivity index (χ0n) is 10.4. The van der Waals surface area contributed by atoms with Crippen molar-refractivity contribution in [2.75, 3.05) is 13.1 Å². The van der Waals surface area contributed by atoms with Crippen molar-refractivity contribution in [2.24, 2.45) is 0 Å². The minimum Gasteiger partial charge on any atom is -0.508 e. The summed E-state index contributed by atoms with van der Waals surface area (Å²) >= 11 is 0. The van der Waals surface area contributed by atoms with Crippen LogP contribution in [0.4, 0.5) is 4.79 Å². The molecule has 1 saturated heterocycles. The molecule has 19 heavy (non-hydrogen) atoms. The molecule has 0 aliphatic carbocycles. The monoisotopic (exact) mass is 264 g/mol. The van der Waals surface area contributed by atoms with E-state index in [1.165, 1.54) is 12.1 Å². The second kappa shape index (κ2) is 5.60. The zero-order valence-corrected chi connectivity index (χ0v) is 10.4. The van der Waals surface area contributed by atoms with Crippen molar-refractivity contribution in [3.63, 3.8) is 0 Å². The van der Waals surface area contributed by atoms with Gasteiger partial charge in [0.2, 0.25) is 5.91 Å². The van der Waals surface area contributed by atoms with Crippen LogP contribution in [0, 0.1) is 0 Å². The summed E-state index contributed by atoms with van der Waals surface area (Å²) in [5.74, 6) is -0.169. The van der Waals surface area contributed by atoms with Crippen molar-refractivity contribution in [2.45, 2.75) is 18.9 Å². The van der Waals surface area contributed by atoms with Gasteiger partial charge in [-0.1, -0.05) is 12.1 Å². The van der Waals surface area contributed by atoms with Gasteiger partial charge >= 0.3 is 6.09 Å². The predicted octanol–water partition coefficient (Wildman–Crippen LogP) is 1.32. The van der Waals surface area contributed by atoms with E-state index in [1.54, 1.807) is 17.0 Å². The first kappa shape index (κ1) is 13.2. The first-order valence-corrected chi connectivity index (χ1v) is 6.15. The van der Waals surface area contributed by atoms with Gasteiger partial charge in [-0.05, 0) is 30.5 Å². The van der Waals surface area contributed by atoms with Crippen LogP contribution in [0.2, 0.25) is 0 Å². The molecular formula is C13H16N2O4. The van der Waals surface area contributed by atoms with Gasteiger partial charge in [-0.25, -0.2) is 4.79 Å². The van der Waals surface area contributed by atoms with Crippen LogP contribution in [-0.2, 0) is 4.79 Å². The molecule has 2 rings (SSSR count). The maximum Gasteiger partial charge on any atom is 0.405 e. The summed E-state index contributed by atoms with van der Waals surface area (Å²) in [4.78, 5) is 24.8. The molecule has 0 saturated carbocycles. The lowest BCUT2D eigenvalue weighted by atomic mass is 10.1. The number of nitrogens with zero attached hydrogens (tertiary/aromatic N) is 1. The third-order valence-electron chi connectivity index (χ3n) is 3.16. The molecule has 1 aromatic carbocycles. The molecule has 2 amide bonds. The molecule has 102 valence electrons. The second-order valence-electron chi connectivity index (χ2n) is 4.51. The summed E-state index contributed by atoms with van der Waals surface area (Å²) in [5, 5.41) is 20.3. The lowest BCUT2D eigenvalue weighted by Crippen LogP contribution is -2.41. The number of nitrogens with one attached hydrogen (secondary N) is 1. The highest BCUT2D eigenvalue weighted by Gasteiger charge is 2.28. The SMILES string of the molecule is O=C(O)N[C@H](C(=O)N1CCCC1)c1ccc(O)cc1. The number of carbonyl (C=O) groups is 2. The van der Waals surface area contributed by atoms with E-state index >= 15 is 0 Å². The molecule has 1 aliphatic heterocycles. The normalized spacial score (nSPS) is 16.1. The predicted molar refractivity (Wildman–Crippen MR) is 67.8 cm³/mol. The topological polar surface area (TPSA) is 89.9 Å². The Hall–Kier alpha value is -2.24. The van der Waals surface area contributed by atoms with Gasteiger partial charge in [0, 0.05) is 13.1 Å². The van der Waals surface area contributed by atoms with Gasteiger partial charge in [0.15, 0.2) is 0 Å². The second-order valence-corrected chi connectivity index (χ2v) is 4.51. The van der Waals surface area contributed by atoms with Gasteiger partial charge < -0.3 is 20.4 Å². The van der Waals surface area contributed by atoms with Crippen LogP contribution in [0.3, 0.4) is 0 Å². The summed E-state index contributed by atoms with van der Waals surface area (Å²) in [5.41, 5.74) is 0.525. The quantitative estimate of drug-likeness (QED) is 0.768. The van der Waals surface area contributed by atoms with Crippen molar-refractivity contribution >= 4 is 12.0 Å². The molecule has 1 atom stereocenters.